The lowest BCUT2D eigenvalue weighted by Crippen LogP contribution is -2.20. The van der Waals surface area contributed by atoms with Gasteiger partial charge in [0.2, 0.25) is 5.88 Å². The van der Waals surface area contributed by atoms with E-state index in [1.165, 1.54) is 30.3 Å². The van der Waals surface area contributed by atoms with Gasteiger partial charge in [0.15, 0.2) is 0 Å². The molecule has 0 atom stereocenters. The molecule has 3 aromatic carbocycles. The van der Waals surface area contributed by atoms with E-state index >= 15 is 0 Å². The van der Waals surface area contributed by atoms with Gasteiger partial charge in [-0.1, -0.05) is 30.3 Å². The van der Waals surface area contributed by atoms with Gasteiger partial charge in [-0.05, 0) is 42.5 Å². The van der Waals surface area contributed by atoms with Crippen molar-refractivity contribution in [1.29, 1.82) is 0 Å². The molecular weight excluding hydrogens is 462 g/mol. The van der Waals surface area contributed by atoms with Gasteiger partial charge in [0.25, 0.3) is 5.56 Å². The van der Waals surface area contributed by atoms with E-state index in [0.29, 0.717) is 10.6 Å². The molecule has 1 N–H and O–H groups in total. The van der Waals surface area contributed by atoms with E-state index < -0.39 is 34.9 Å². The summed E-state index contributed by atoms with van der Waals surface area (Å²) in [7, 11) is 0. The van der Waals surface area contributed by atoms with Crippen LogP contribution in [0.15, 0.2) is 82.6 Å². The number of hydrogen-bond acceptors (Lipinski definition) is 3. The monoisotopic (exact) mass is 476 g/mol. The molecule has 0 aliphatic heterocycles. The molecule has 0 saturated heterocycles. The summed E-state index contributed by atoms with van der Waals surface area (Å²) in [6.45, 7) is 0. The lowest BCUT2D eigenvalue weighted by atomic mass is 10.1. The van der Waals surface area contributed by atoms with Gasteiger partial charge in [0, 0.05) is 17.0 Å². The minimum Gasteiger partial charge on any atom is -0.494 e. The molecule has 4 rings (SSSR count). The van der Waals surface area contributed by atoms with Gasteiger partial charge in [0.1, 0.15) is 0 Å². The summed E-state index contributed by atoms with van der Waals surface area (Å²) in [4.78, 5) is 17.0. The zero-order chi connectivity index (χ0) is 24.7. The predicted molar refractivity (Wildman–Crippen MR) is 115 cm³/mol. The van der Waals surface area contributed by atoms with Crippen LogP contribution in [0.3, 0.4) is 0 Å². The molecule has 0 radical (unpaired) electrons. The summed E-state index contributed by atoms with van der Waals surface area (Å²) >= 11 is 0. The first-order valence-electron chi connectivity index (χ1n) is 9.72. The molecule has 4 aromatic rings. The van der Waals surface area contributed by atoms with Crippen LogP contribution in [0.4, 0.5) is 32.0 Å². The fraction of sp³-hybridized carbons (Fsp3) is 0.0833. The smallest absolute Gasteiger partial charge is 0.416 e. The molecule has 0 bridgehead atoms. The predicted octanol–water partition coefficient (Wildman–Crippen LogP) is 6.48. The van der Waals surface area contributed by atoms with Crippen LogP contribution in [0.5, 0.6) is 5.88 Å². The molecule has 10 heteroatoms. The number of pyridine rings is 1. The minimum absolute atomic E-state index is 0.0509. The molecule has 0 amide bonds. The number of nitrogens with zero attached hydrogens (tertiary/aromatic N) is 2. The molecule has 174 valence electrons. The largest absolute Gasteiger partial charge is 0.494 e. The van der Waals surface area contributed by atoms with Gasteiger partial charge in [-0.2, -0.15) is 26.3 Å². The lowest BCUT2D eigenvalue weighted by Gasteiger charge is -2.15. The fourth-order valence-corrected chi connectivity index (χ4v) is 3.45. The van der Waals surface area contributed by atoms with Gasteiger partial charge < -0.3 is 5.11 Å². The molecular formula is C24H14F6N2O2. The van der Waals surface area contributed by atoms with Crippen molar-refractivity contribution in [2.45, 2.75) is 12.4 Å². The number of hydrogen-bond donors (Lipinski definition) is 1. The van der Waals surface area contributed by atoms with Crippen LogP contribution in [0.2, 0.25) is 0 Å². The quantitative estimate of drug-likeness (QED) is 0.272. The Bertz CT molecular complexity index is 1470. The second-order valence-electron chi connectivity index (χ2n) is 7.28. The normalized spacial score (nSPS) is 12.5. The Balaban J connectivity index is 1.93. The molecule has 1 heterocycles. The molecule has 34 heavy (non-hydrogen) atoms. The molecule has 1 aromatic heterocycles. The van der Waals surface area contributed by atoms with Crippen LogP contribution in [0, 0.1) is 0 Å². The van der Waals surface area contributed by atoms with Crippen molar-refractivity contribution in [2.24, 2.45) is 4.99 Å². The second-order valence-corrected chi connectivity index (χ2v) is 7.28. The van der Waals surface area contributed by atoms with Crippen molar-refractivity contribution < 1.29 is 31.4 Å². The number of halogens is 6. The molecule has 4 nitrogen and oxygen atoms in total. The van der Waals surface area contributed by atoms with Gasteiger partial charge >= 0.3 is 12.4 Å². The SMILES string of the molecule is O=c1c2ccccc2c(C=Nc2cccc(C(F)(F)F)c2)c(O)n1-c1cccc(C(F)(F)F)c1. The van der Waals surface area contributed by atoms with Gasteiger partial charge in [-0.15, -0.1) is 0 Å². The fourth-order valence-electron chi connectivity index (χ4n) is 3.45. The molecule has 0 spiro atoms. The minimum atomic E-state index is -4.68. The number of benzene rings is 3. The topological polar surface area (TPSA) is 54.6 Å². The number of rotatable bonds is 3. The number of aromatic hydroxyl groups is 1. The van der Waals surface area contributed by atoms with E-state index in [4.69, 9.17) is 0 Å². The molecule has 0 unspecified atom stereocenters. The van der Waals surface area contributed by atoms with E-state index in [1.807, 2.05) is 0 Å². The first kappa shape index (κ1) is 23.1. The van der Waals surface area contributed by atoms with E-state index in [-0.39, 0.29) is 27.7 Å². The van der Waals surface area contributed by atoms with Gasteiger partial charge in [-0.25, -0.2) is 4.57 Å². The maximum Gasteiger partial charge on any atom is 0.416 e. The second kappa shape index (κ2) is 8.36. The summed E-state index contributed by atoms with van der Waals surface area (Å²) in [5.74, 6) is -0.709. The van der Waals surface area contributed by atoms with Crippen molar-refractivity contribution >= 4 is 22.7 Å². The highest BCUT2D eigenvalue weighted by Crippen LogP contribution is 2.33. The maximum atomic E-state index is 13.2. The third-order valence-corrected chi connectivity index (χ3v) is 5.05. The first-order valence-corrected chi connectivity index (χ1v) is 9.72. The van der Waals surface area contributed by atoms with Crippen LogP contribution in [0.1, 0.15) is 16.7 Å². The van der Waals surface area contributed by atoms with Crippen LogP contribution in [-0.4, -0.2) is 15.9 Å². The summed E-state index contributed by atoms with van der Waals surface area (Å²) in [5.41, 5.74) is -3.09. The third-order valence-electron chi connectivity index (χ3n) is 5.05. The first-order chi connectivity index (χ1) is 16.0. The zero-order valence-electron chi connectivity index (χ0n) is 17.0. The lowest BCUT2D eigenvalue weighted by molar-refractivity contribution is -0.138. The van der Waals surface area contributed by atoms with Crippen LogP contribution < -0.4 is 5.56 Å². The summed E-state index contributed by atoms with van der Waals surface area (Å²) < 4.78 is 79.3. The van der Waals surface area contributed by atoms with Crippen LogP contribution in [0.25, 0.3) is 16.5 Å². The molecule has 0 aliphatic carbocycles. The third kappa shape index (κ3) is 4.39. The van der Waals surface area contributed by atoms with Crippen molar-refractivity contribution in [3.63, 3.8) is 0 Å². The Morgan fingerprint density at radius 3 is 2.00 bits per heavy atom. The van der Waals surface area contributed by atoms with Crippen molar-refractivity contribution in [3.8, 4) is 11.6 Å². The van der Waals surface area contributed by atoms with E-state index in [9.17, 15) is 36.2 Å². The zero-order valence-corrected chi connectivity index (χ0v) is 17.0. The van der Waals surface area contributed by atoms with Crippen molar-refractivity contribution in [3.05, 3.63) is 99.8 Å². The van der Waals surface area contributed by atoms with Crippen LogP contribution >= 0.6 is 0 Å². The summed E-state index contributed by atoms with van der Waals surface area (Å²) in [6, 6.07) is 14.0. The Hall–Kier alpha value is -4.08. The molecule has 0 saturated carbocycles. The standard InChI is InChI=1S/C24H14F6N2O2/c25-23(26,27)14-5-3-7-16(11-14)31-13-20-18-9-1-2-10-19(18)21(33)32(22(20)34)17-8-4-6-15(12-17)24(28,29)30/h1-13,34H. The highest BCUT2D eigenvalue weighted by Gasteiger charge is 2.31. The Morgan fingerprint density at radius 2 is 1.35 bits per heavy atom. The molecule has 0 aliphatic rings. The number of aliphatic imine (C=N–C) groups is 1. The van der Waals surface area contributed by atoms with Gasteiger partial charge in [-0.3, -0.25) is 9.79 Å². The summed E-state index contributed by atoms with van der Waals surface area (Å²) in [5, 5.41) is 11.2. The Kier molecular flexibility index (Phi) is 5.68. The van der Waals surface area contributed by atoms with E-state index in [1.54, 1.807) is 6.07 Å². The van der Waals surface area contributed by atoms with E-state index in [0.717, 1.165) is 36.5 Å². The average Bonchev–Trinajstić information content (AvgIpc) is 2.78. The number of aromatic nitrogens is 1. The van der Waals surface area contributed by atoms with Gasteiger partial charge in [0.05, 0.1) is 28.1 Å². The highest BCUT2D eigenvalue weighted by molar-refractivity contribution is 6.02. The summed E-state index contributed by atoms with van der Waals surface area (Å²) in [6.07, 6.45) is -8.20. The Morgan fingerprint density at radius 1 is 0.765 bits per heavy atom. The highest BCUT2D eigenvalue weighted by atomic mass is 19.4. The number of fused-ring (bicyclic) bond motifs is 1. The van der Waals surface area contributed by atoms with E-state index in [2.05, 4.69) is 4.99 Å². The maximum absolute atomic E-state index is 13.2. The number of alkyl halides is 6. The molecule has 0 fully saturated rings. The van der Waals surface area contributed by atoms with Crippen molar-refractivity contribution in [2.75, 3.05) is 0 Å². The average molecular weight is 476 g/mol. The van der Waals surface area contributed by atoms with Crippen LogP contribution in [-0.2, 0) is 12.4 Å². The van der Waals surface area contributed by atoms with Crippen molar-refractivity contribution in [1.82, 2.24) is 4.57 Å². The Labute approximate surface area is 188 Å².